The molecule has 0 aliphatic heterocycles. The van der Waals surface area contributed by atoms with Crippen molar-refractivity contribution in [1.82, 2.24) is 16.0 Å². The van der Waals surface area contributed by atoms with Crippen molar-refractivity contribution in [3.63, 3.8) is 0 Å². The number of carbonyl (C=O) groups is 5. The smallest absolute Gasteiger partial charge is 0.326 e. The van der Waals surface area contributed by atoms with Gasteiger partial charge in [-0.3, -0.25) is 19.2 Å². The highest BCUT2D eigenvalue weighted by Crippen LogP contribution is 2.02. The summed E-state index contributed by atoms with van der Waals surface area (Å²) in [4.78, 5) is 58.2. The Balaban J connectivity index is 4.76. The van der Waals surface area contributed by atoms with E-state index in [-0.39, 0.29) is 6.42 Å². The number of amides is 4. The summed E-state index contributed by atoms with van der Waals surface area (Å²) in [5.74, 6) is -4.59. The van der Waals surface area contributed by atoms with E-state index in [2.05, 4.69) is 16.0 Å². The summed E-state index contributed by atoms with van der Waals surface area (Å²) in [6.07, 6.45) is 0.817. The number of carboxylic acids is 1. The second kappa shape index (κ2) is 13.4. The van der Waals surface area contributed by atoms with E-state index >= 15 is 0 Å². The molecule has 13 nitrogen and oxygen atoms in total. The fraction of sp³-hybridized carbons (Fsp3) is 0.688. The van der Waals surface area contributed by atoms with Crippen LogP contribution >= 0.6 is 0 Å². The number of nitrogens with one attached hydrogen (secondary N) is 3. The first-order valence-electron chi connectivity index (χ1n) is 9.02. The number of hydrogen-bond acceptors (Lipinski definition) is 8. The van der Waals surface area contributed by atoms with Gasteiger partial charge < -0.3 is 43.4 Å². The number of rotatable bonds is 14. The second-order valence-electron chi connectivity index (χ2n) is 6.43. The van der Waals surface area contributed by atoms with E-state index < -0.39 is 66.8 Å². The van der Waals surface area contributed by atoms with Crippen LogP contribution in [0.15, 0.2) is 0 Å². The molecule has 0 bridgehead atoms. The Morgan fingerprint density at radius 1 is 0.931 bits per heavy atom. The first-order valence-corrected chi connectivity index (χ1v) is 9.02. The van der Waals surface area contributed by atoms with Crippen LogP contribution in [0.5, 0.6) is 0 Å². The lowest BCUT2D eigenvalue weighted by molar-refractivity contribution is -0.142. The molecule has 0 rings (SSSR count). The van der Waals surface area contributed by atoms with Crippen molar-refractivity contribution in [1.29, 1.82) is 0 Å². The Hall–Kier alpha value is -2.77. The van der Waals surface area contributed by atoms with Gasteiger partial charge in [0, 0.05) is 0 Å². The number of carboxylic acid groups (broad SMARTS) is 1. The number of aliphatic hydroxyl groups excluding tert-OH is 1. The molecule has 4 unspecified atom stereocenters. The maximum absolute atomic E-state index is 12.2. The molecule has 0 saturated carbocycles. The van der Waals surface area contributed by atoms with Crippen LogP contribution in [0.1, 0.15) is 32.6 Å². The Morgan fingerprint density at radius 2 is 1.52 bits per heavy atom. The van der Waals surface area contributed by atoms with Gasteiger partial charge in [-0.25, -0.2) is 4.79 Å². The van der Waals surface area contributed by atoms with Crippen molar-refractivity contribution >= 4 is 29.6 Å². The van der Waals surface area contributed by atoms with E-state index in [9.17, 15) is 29.1 Å². The number of unbranched alkanes of at least 4 members (excludes halogenated alkanes) is 1. The van der Waals surface area contributed by atoms with Gasteiger partial charge in [-0.15, -0.1) is 0 Å². The molecule has 13 heteroatoms. The number of nitrogens with two attached hydrogens (primary N) is 3. The first-order chi connectivity index (χ1) is 13.5. The molecule has 0 aromatic carbocycles. The predicted molar refractivity (Wildman–Crippen MR) is 101 cm³/mol. The Labute approximate surface area is 167 Å². The minimum atomic E-state index is -1.43. The zero-order chi connectivity index (χ0) is 22.6. The molecule has 0 aromatic heterocycles. The van der Waals surface area contributed by atoms with Gasteiger partial charge in [0.05, 0.1) is 19.1 Å². The second-order valence-corrected chi connectivity index (χ2v) is 6.43. The van der Waals surface area contributed by atoms with Crippen LogP contribution in [0.3, 0.4) is 0 Å². The van der Waals surface area contributed by atoms with Crippen molar-refractivity contribution in [2.24, 2.45) is 17.2 Å². The Morgan fingerprint density at radius 3 is 2.00 bits per heavy atom. The molecule has 0 fully saturated rings. The van der Waals surface area contributed by atoms with Gasteiger partial charge in [-0.1, -0.05) is 0 Å². The molecule has 0 aromatic rings. The first kappa shape index (κ1) is 26.2. The van der Waals surface area contributed by atoms with Crippen molar-refractivity contribution in [3.8, 4) is 0 Å². The van der Waals surface area contributed by atoms with Gasteiger partial charge in [0.25, 0.3) is 0 Å². The summed E-state index contributed by atoms with van der Waals surface area (Å²) in [7, 11) is 0. The summed E-state index contributed by atoms with van der Waals surface area (Å²) in [5, 5.41) is 25.2. The summed E-state index contributed by atoms with van der Waals surface area (Å²) in [6, 6.07) is -5.03. The van der Waals surface area contributed by atoms with Crippen LogP contribution in [-0.2, 0) is 24.0 Å². The zero-order valence-electron chi connectivity index (χ0n) is 16.2. The average Bonchev–Trinajstić information content (AvgIpc) is 2.63. The number of carbonyl (C=O) groups excluding carboxylic acids is 4. The standard InChI is InChI=1S/C16H30N6O7/c1-8(13(25)21-10(16(28)29)4-2-3-5-17)20-15(27)11(7-23)22-14(26)9(18)6-12(19)24/h8-11,23H,2-7,17-18H2,1H3,(H2,19,24)(H,20,27)(H,21,25)(H,22,26)(H,28,29). The van der Waals surface area contributed by atoms with Gasteiger partial charge >= 0.3 is 5.97 Å². The molecule has 0 heterocycles. The Kier molecular flexibility index (Phi) is 12.1. The summed E-state index contributed by atoms with van der Waals surface area (Å²) >= 11 is 0. The van der Waals surface area contributed by atoms with Crippen molar-refractivity contribution < 1.29 is 34.2 Å². The molecule has 0 aliphatic rings. The third-order valence-electron chi connectivity index (χ3n) is 3.89. The fourth-order valence-corrected chi connectivity index (χ4v) is 2.21. The highest BCUT2D eigenvalue weighted by molar-refractivity contribution is 5.94. The topological polar surface area (TPSA) is 240 Å². The van der Waals surface area contributed by atoms with E-state index in [1.807, 2.05) is 0 Å². The highest BCUT2D eigenvalue weighted by atomic mass is 16.4. The van der Waals surface area contributed by atoms with E-state index in [0.29, 0.717) is 19.4 Å². The fourth-order valence-electron chi connectivity index (χ4n) is 2.21. The zero-order valence-corrected chi connectivity index (χ0v) is 16.2. The van der Waals surface area contributed by atoms with Crippen LogP contribution in [0, 0.1) is 0 Å². The lowest BCUT2D eigenvalue weighted by Gasteiger charge is -2.22. The van der Waals surface area contributed by atoms with Gasteiger partial charge in [0.2, 0.25) is 23.6 Å². The van der Waals surface area contributed by atoms with Gasteiger partial charge in [-0.2, -0.15) is 0 Å². The average molecular weight is 418 g/mol. The molecule has 0 saturated heterocycles. The maximum Gasteiger partial charge on any atom is 0.326 e. The lowest BCUT2D eigenvalue weighted by Crippen LogP contribution is -2.57. The molecular formula is C16H30N6O7. The molecule has 4 amide bonds. The minimum absolute atomic E-state index is 0.173. The normalized spacial score (nSPS) is 14.8. The van der Waals surface area contributed by atoms with E-state index in [1.165, 1.54) is 6.92 Å². The maximum atomic E-state index is 12.2. The van der Waals surface area contributed by atoms with Gasteiger partial charge in [0.1, 0.15) is 18.1 Å². The number of primary amides is 1. The number of aliphatic hydroxyl groups is 1. The molecule has 4 atom stereocenters. The van der Waals surface area contributed by atoms with E-state index in [1.54, 1.807) is 0 Å². The summed E-state index contributed by atoms with van der Waals surface area (Å²) in [5.41, 5.74) is 15.7. The number of hydrogen-bond donors (Lipinski definition) is 8. The SMILES string of the molecule is CC(NC(=O)C(CO)NC(=O)C(N)CC(N)=O)C(=O)NC(CCCCN)C(=O)O. The largest absolute Gasteiger partial charge is 0.480 e. The predicted octanol–water partition coefficient (Wildman–Crippen LogP) is -4.13. The Bertz CT molecular complexity index is 600. The van der Waals surface area contributed by atoms with Gasteiger partial charge in [0.15, 0.2) is 0 Å². The molecule has 29 heavy (non-hydrogen) atoms. The molecule has 166 valence electrons. The van der Waals surface area contributed by atoms with Crippen LogP contribution in [0.4, 0.5) is 0 Å². The van der Waals surface area contributed by atoms with Crippen molar-refractivity contribution in [2.75, 3.05) is 13.2 Å². The summed E-state index contributed by atoms with van der Waals surface area (Å²) < 4.78 is 0. The third kappa shape index (κ3) is 10.4. The number of aliphatic carboxylic acids is 1. The van der Waals surface area contributed by atoms with Crippen LogP contribution in [0.2, 0.25) is 0 Å². The third-order valence-corrected chi connectivity index (χ3v) is 3.89. The quantitative estimate of drug-likeness (QED) is 0.128. The van der Waals surface area contributed by atoms with Crippen molar-refractivity contribution in [2.45, 2.75) is 56.8 Å². The van der Waals surface area contributed by atoms with Crippen molar-refractivity contribution in [3.05, 3.63) is 0 Å². The minimum Gasteiger partial charge on any atom is -0.480 e. The molecule has 0 radical (unpaired) electrons. The monoisotopic (exact) mass is 418 g/mol. The molecular weight excluding hydrogens is 388 g/mol. The summed E-state index contributed by atoms with van der Waals surface area (Å²) in [6.45, 7) is 0.900. The van der Waals surface area contributed by atoms with Crippen LogP contribution < -0.4 is 33.2 Å². The molecule has 0 spiro atoms. The van der Waals surface area contributed by atoms with E-state index in [4.69, 9.17) is 22.3 Å². The van der Waals surface area contributed by atoms with Crippen LogP contribution in [0.25, 0.3) is 0 Å². The van der Waals surface area contributed by atoms with E-state index in [0.717, 1.165) is 0 Å². The molecule has 11 N–H and O–H groups in total. The highest BCUT2D eigenvalue weighted by Gasteiger charge is 2.28. The lowest BCUT2D eigenvalue weighted by atomic mass is 10.1. The van der Waals surface area contributed by atoms with Gasteiger partial charge in [-0.05, 0) is 32.7 Å². The molecule has 0 aliphatic carbocycles. The van der Waals surface area contributed by atoms with Crippen LogP contribution in [-0.4, -0.2) is 77.1 Å².